The van der Waals surface area contributed by atoms with Crippen molar-refractivity contribution in [3.63, 3.8) is 0 Å². The van der Waals surface area contributed by atoms with E-state index in [1.807, 2.05) is 6.07 Å². The maximum Gasteiger partial charge on any atom is 0.432 e. The number of nitrogens with one attached hydrogen (secondary N) is 2. The highest BCUT2D eigenvalue weighted by atomic mass is 35.5. The molecule has 5 rings (SSSR count). The second-order valence-electron chi connectivity index (χ2n) is 9.71. The number of aromatic nitrogens is 7. The van der Waals surface area contributed by atoms with Crippen molar-refractivity contribution in [1.29, 1.82) is 0 Å². The van der Waals surface area contributed by atoms with Crippen molar-refractivity contribution in [2.24, 2.45) is 10.9 Å². The van der Waals surface area contributed by atoms with Crippen molar-refractivity contribution < 1.29 is 14.3 Å². The smallest absolute Gasteiger partial charge is 0.432 e. The third kappa shape index (κ3) is 5.83. The number of carbonyl (C=O) groups excluding carboxylic acids is 2. The van der Waals surface area contributed by atoms with Gasteiger partial charge in [0.15, 0.2) is 10.8 Å². The SMILES string of the molecule is COC(=O)N=CC(c1nc2cnc(-c3ncn[nH]3)cc2n1[C@@H]1CCC[C@H](NC(=O)c2ncc(Cl)s2)C1)C(C)C. The average Bonchev–Trinajstić information content (AvgIpc) is 3.68. The van der Waals surface area contributed by atoms with Crippen LogP contribution in [-0.4, -0.2) is 66.1 Å². The van der Waals surface area contributed by atoms with Crippen molar-refractivity contribution in [3.05, 3.63) is 40.0 Å². The molecule has 12 nitrogen and oxygen atoms in total. The first-order valence-corrected chi connectivity index (χ1v) is 13.8. The number of aliphatic imine (C=N–C) groups is 1. The standard InChI is InChI=1S/C25H28ClN9O3S/c1-13(2)16(9-29-25(37)38-3)22-33-18-10-27-17(21-30-12-31-34-21)8-19(18)35(22)15-6-4-5-14(7-15)32-23(36)24-28-11-20(26)39-24/h8-16H,4-7H2,1-3H3,(H,32,36)(H,30,31,34)/t14-,15+,16?/m0/s1. The van der Waals surface area contributed by atoms with Crippen molar-refractivity contribution in [2.45, 2.75) is 57.5 Å². The van der Waals surface area contributed by atoms with Gasteiger partial charge in [-0.3, -0.25) is 14.9 Å². The molecular weight excluding hydrogens is 542 g/mol. The minimum absolute atomic E-state index is 0.0293. The topological polar surface area (TPSA) is 153 Å². The highest BCUT2D eigenvalue weighted by molar-refractivity contribution is 7.17. The monoisotopic (exact) mass is 569 g/mol. The minimum Gasteiger partial charge on any atom is -0.451 e. The Hall–Kier alpha value is -3.71. The van der Waals surface area contributed by atoms with Gasteiger partial charge in [0, 0.05) is 18.3 Å². The minimum atomic E-state index is -0.666. The summed E-state index contributed by atoms with van der Waals surface area (Å²) < 4.78 is 7.41. The molecule has 39 heavy (non-hydrogen) atoms. The number of amides is 2. The first kappa shape index (κ1) is 26.9. The van der Waals surface area contributed by atoms with Crippen molar-refractivity contribution in [2.75, 3.05) is 7.11 Å². The molecule has 2 N–H and O–H groups in total. The molecule has 0 bridgehead atoms. The molecule has 14 heteroatoms. The van der Waals surface area contributed by atoms with Gasteiger partial charge in [-0.1, -0.05) is 36.8 Å². The van der Waals surface area contributed by atoms with Gasteiger partial charge in [0.05, 0.1) is 30.9 Å². The third-order valence-electron chi connectivity index (χ3n) is 6.81. The molecule has 0 aromatic carbocycles. The lowest BCUT2D eigenvalue weighted by Gasteiger charge is -2.33. The molecule has 1 aliphatic carbocycles. The maximum atomic E-state index is 12.8. The second kappa shape index (κ2) is 11.6. The number of H-pyrrole nitrogens is 1. The summed E-state index contributed by atoms with van der Waals surface area (Å²) in [6.45, 7) is 4.11. The number of pyridine rings is 1. The number of aromatic amines is 1. The van der Waals surface area contributed by atoms with Crippen LogP contribution in [0.3, 0.4) is 0 Å². The fourth-order valence-electron chi connectivity index (χ4n) is 4.96. The highest BCUT2D eigenvalue weighted by Gasteiger charge is 2.31. The molecule has 4 aromatic rings. The van der Waals surface area contributed by atoms with Gasteiger partial charge in [-0.25, -0.2) is 19.7 Å². The Labute approximate surface area is 233 Å². The van der Waals surface area contributed by atoms with Gasteiger partial charge in [0.2, 0.25) is 0 Å². The van der Waals surface area contributed by atoms with Gasteiger partial charge < -0.3 is 14.6 Å². The number of nitrogens with zero attached hydrogens (tertiary/aromatic N) is 7. The Morgan fingerprint density at radius 1 is 1.28 bits per heavy atom. The fourth-order valence-corrected chi connectivity index (χ4v) is 5.78. The van der Waals surface area contributed by atoms with E-state index in [9.17, 15) is 9.59 Å². The van der Waals surface area contributed by atoms with E-state index in [4.69, 9.17) is 21.3 Å². The van der Waals surface area contributed by atoms with Crippen LogP contribution in [0.2, 0.25) is 4.34 Å². The third-order valence-corrected chi connectivity index (χ3v) is 7.92. The average molecular weight is 570 g/mol. The van der Waals surface area contributed by atoms with Crippen LogP contribution in [0.5, 0.6) is 0 Å². The molecule has 1 saturated carbocycles. The Morgan fingerprint density at radius 2 is 2.13 bits per heavy atom. The number of hydrogen-bond donors (Lipinski definition) is 2. The number of fused-ring (bicyclic) bond motifs is 1. The number of hydrogen-bond acceptors (Lipinski definition) is 9. The lowest BCUT2D eigenvalue weighted by atomic mass is 9.89. The van der Waals surface area contributed by atoms with Crippen molar-refractivity contribution in [1.82, 2.24) is 40.0 Å². The summed E-state index contributed by atoms with van der Waals surface area (Å²) in [4.78, 5) is 46.5. The molecule has 1 aliphatic rings. The number of carbonyl (C=O) groups is 2. The molecule has 4 aromatic heterocycles. The fraction of sp³-hybridized carbons (Fsp3) is 0.440. The summed E-state index contributed by atoms with van der Waals surface area (Å²) in [6.07, 6.45) is 8.93. The van der Waals surface area contributed by atoms with Crippen LogP contribution in [0.15, 0.2) is 29.8 Å². The molecule has 0 aliphatic heterocycles. The summed E-state index contributed by atoms with van der Waals surface area (Å²) in [7, 11) is 1.30. The molecular formula is C25H28ClN9O3S. The zero-order valence-corrected chi connectivity index (χ0v) is 23.2. The van der Waals surface area contributed by atoms with Crippen LogP contribution in [0.25, 0.3) is 22.6 Å². The lowest BCUT2D eigenvalue weighted by Crippen LogP contribution is -2.39. The summed E-state index contributed by atoms with van der Waals surface area (Å²) in [5.74, 6) is 0.917. The molecule has 0 radical (unpaired) electrons. The van der Waals surface area contributed by atoms with Gasteiger partial charge in [0.1, 0.15) is 27.7 Å². The number of imidazole rings is 1. The molecule has 3 atom stereocenters. The summed E-state index contributed by atoms with van der Waals surface area (Å²) in [6, 6.07) is 1.92. The van der Waals surface area contributed by atoms with E-state index < -0.39 is 6.09 Å². The molecule has 0 spiro atoms. The van der Waals surface area contributed by atoms with Gasteiger partial charge in [-0.15, -0.1) is 0 Å². The highest BCUT2D eigenvalue weighted by Crippen LogP contribution is 2.37. The van der Waals surface area contributed by atoms with Crippen LogP contribution < -0.4 is 5.32 Å². The van der Waals surface area contributed by atoms with Crippen LogP contribution in [-0.2, 0) is 4.74 Å². The summed E-state index contributed by atoms with van der Waals surface area (Å²) >= 11 is 7.14. The first-order chi connectivity index (χ1) is 18.8. The number of methoxy groups -OCH3 is 1. The van der Waals surface area contributed by atoms with E-state index in [0.29, 0.717) is 32.8 Å². The van der Waals surface area contributed by atoms with Gasteiger partial charge >= 0.3 is 6.09 Å². The second-order valence-corrected chi connectivity index (χ2v) is 11.4. The van der Waals surface area contributed by atoms with E-state index in [0.717, 1.165) is 41.9 Å². The van der Waals surface area contributed by atoms with Crippen LogP contribution in [0, 0.1) is 5.92 Å². The van der Waals surface area contributed by atoms with E-state index in [-0.39, 0.29) is 29.8 Å². The summed E-state index contributed by atoms with van der Waals surface area (Å²) in [5.41, 5.74) is 2.24. The largest absolute Gasteiger partial charge is 0.451 e. The summed E-state index contributed by atoms with van der Waals surface area (Å²) in [5, 5.41) is 10.3. The van der Waals surface area contributed by atoms with E-state index in [1.54, 1.807) is 12.4 Å². The first-order valence-electron chi connectivity index (χ1n) is 12.6. The Kier molecular flexibility index (Phi) is 7.98. The Balaban J connectivity index is 1.54. The molecule has 1 unspecified atom stereocenters. The normalized spacial score (nSPS) is 18.6. The van der Waals surface area contributed by atoms with E-state index >= 15 is 0 Å². The Bertz CT molecular complexity index is 1500. The number of rotatable bonds is 7. The van der Waals surface area contributed by atoms with E-state index in [1.165, 1.54) is 19.6 Å². The molecule has 204 valence electrons. The van der Waals surface area contributed by atoms with Crippen molar-refractivity contribution >= 4 is 52.2 Å². The Morgan fingerprint density at radius 3 is 2.82 bits per heavy atom. The van der Waals surface area contributed by atoms with Crippen LogP contribution >= 0.6 is 22.9 Å². The predicted octanol–water partition coefficient (Wildman–Crippen LogP) is 4.82. The van der Waals surface area contributed by atoms with Crippen LogP contribution in [0.4, 0.5) is 4.79 Å². The van der Waals surface area contributed by atoms with E-state index in [2.05, 4.69) is 53.9 Å². The molecule has 4 heterocycles. The maximum absolute atomic E-state index is 12.8. The predicted molar refractivity (Wildman–Crippen MR) is 147 cm³/mol. The number of halogens is 1. The zero-order valence-electron chi connectivity index (χ0n) is 21.7. The molecule has 2 amide bonds. The van der Waals surface area contributed by atoms with Crippen LogP contribution in [0.1, 0.15) is 67.1 Å². The van der Waals surface area contributed by atoms with Gasteiger partial charge in [-0.2, -0.15) is 10.1 Å². The quantitative estimate of drug-likeness (QED) is 0.300. The zero-order chi connectivity index (χ0) is 27.5. The molecule has 0 saturated heterocycles. The lowest BCUT2D eigenvalue weighted by molar-refractivity contribution is 0.0920. The molecule has 1 fully saturated rings. The van der Waals surface area contributed by atoms with Crippen molar-refractivity contribution in [3.8, 4) is 11.5 Å². The van der Waals surface area contributed by atoms with Gasteiger partial charge in [-0.05, 0) is 37.7 Å². The number of ether oxygens (including phenoxy) is 1. The van der Waals surface area contributed by atoms with Gasteiger partial charge in [0.25, 0.3) is 5.91 Å². The number of thiazole rings is 1.